The fraction of sp³-hybridized carbons (Fsp3) is 0.600. The summed E-state index contributed by atoms with van der Waals surface area (Å²) in [6.45, 7) is 2.81. The quantitative estimate of drug-likeness (QED) is 0.179. The van der Waals surface area contributed by atoms with Crippen molar-refractivity contribution in [2.45, 2.75) is 110 Å². The Morgan fingerprint density at radius 1 is 0.545 bits per heavy atom. The van der Waals surface area contributed by atoms with Crippen LogP contribution in [0.25, 0.3) is 10.8 Å². The molecule has 0 N–H and O–H groups in total. The zero-order valence-electron chi connectivity index (χ0n) is 20.7. The number of nitrogens with zero attached hydrogens (tertiary/aromatic N) is 1. The van der Waals surface area contributed by atoms with E-state index in [2.05, 4.69) is 6.92 Å². The number of carbonyl (C=O) groups is 2. The summed E-state index contributed by atoms with van der Waals surface area (Å²) in [5.74, 6) is -0.268. The van der Waals surface area contributed by atoms with Crippen molar-refractivity contribution in [3.05, 3.63) is 47.5 Å². The van der Waals surface area contributed by atoms with E-state index in [9.17, 15) is 9.59 Å². The minimum absolute atomic E-state index is 0.134. The first-order valence-electron chi connectivity index (χ1n) is 13.6. The van der Waals surface area contributed by atoms with Crippen LogP contribution in [0.1, 0.15) is 130 Å². The summed E-state index contributed by atoms with van der Waals surface area (Å²) in [7, 11) is 0. The molecule has 180 valence electrons. The lowest BCUT2D eigenvalue weighted by Gasteiger charge is -2.27. The number of unbranched alkanes of at least 4 members (excludes halogenated alkanes) is 15. The van der Waals surface area contributed by atoms with E-state index in [4.69, 9.17) is 0 Å². The molecule has 2 aromatic rings. The highest BCUT2D eigenvalue weighted by atomic mass is 16.2. The lowest BCUT2D eigenvalue weighted by molar-refractivity contribution is 0.0607. The second kappa shape index (κ2) is 14.2. The summed E-state index contributed by atoms with van der Waals surface area (Å²) < 4.78 is 0. The highest BCUT2D eigenvalue weighted by Gasteiger charge is 2.31. The third kappa shape index (κ3) is 7.42. The Morgan fingerprint density at radius 2 is 0.939 bits per heavy atom. The summed E-state index contributed by atoms with van der Waals surface area (Å²) in [4.78, 5) is 27.3. The standard InChI is InChI=1S/C30H43NO2/c1-2-3-4-5-6-7-8-9-10-11-12-13-14-15-16-17-24-31-29(32)26-22-18-20-25-21-19-23-27(28(25)26)30(31)33/h18-23H,2-17,24H2,1H3. The fourth-order valence-corrected chi connectivity index (χ4v) is 5.10. The van der Waals surface area contributed by atoms with E-state index in [-0.39, 0.29) is 11.8 Å². The Hall–Kier alpha value is -2.16. The second-order valence-corrected chi connectivity index (χ2v) is 9.77. The summed E-state index contributed by atoms with van der Waals surface area (Å²) >= 11 is 0. The molecule has 3 rings (SSSR count). The number of imide groups is 1. The highest BCUT2D eigenvalue weighted by molar-refractivity contribution is 6.25. The predicted molar refractivity (Wildman–Crippen MR) is 139 cm³/mol. The maximum atomic E-state index is 12.9. The molecule has 33 heavy (non-hydrogen) atoms. The number of amides is 2. The SMILES string of the molecule is CCCCCCCCCCCCCCCCCCN1C(=O)c2cccc3cccc(c23)C1=O. The first-order chi connectivity index (χ1) is 16.2. The molecule has 0 saturated carbocycles. The number of rotatable bonds is 17. The van der Waals surface area contributed by atoms with Crippen LogP contribution in [0.2, 0.25) is 0 Å². The normalized spacial score (nSPS) is 13.3. The van der Waals surface area contributed by atoms with Crippen molar-refractivity contribution in [3.8, 4) is 0 Å². The topological polar surface area (TPSA) is 37.4 Å². The zero-order chi connectivity index (χ0) is 23.3. The minimum Gasteiger partial charge on any atom is -0.274 e. The van der Waals surface area contributed by atoms with E-state index in [1.165, 1.54) is 94.8 Å². The maximum Gasteiger partial charge on any atom is 0.261 e. The zero-order valence-corrected chi connectivity index (χ0v) is 20.7. The Labute approximate surface area is 200 Å². The van der Waals surface area contributed by atoms with Gasteiger partial charge in [0.25, 0.3) is 11.8 Å². The van der Waals surface area contributed by atoms with Crippen molar-refractivity contribution < 1.29 is 9.59 Å². The van der Waals surface area contributed by atoms with Gasteiger partial charge in [-0.25, -0.2) is 0 Å². The Balaban J connectivity index is 1.23. The van der Waals surface area contributed by atoms with Crippen LogP contribution in [-0.2, 0) is 0 Å². The molecule has 2 amide bonds. The monoisotopic (exact) mass is 449 g/mol. The van der Waals surface area contributed by atoms with Crippen molar-refractivity contribution in [2.75, 3.05) is 6.54 Å². The average Bonchev–Trinajstić information content (AvgIpc) is 2.84. The molecule has 3 heteroatoms. The Bertz CT molecular complexity index is 837. The molecular formula is C30H43NO2. The van der Waals surface area contributed by atoms with E-state index >= 15 is 0 Å². The molecule has 0 spiro atoms. The molecule has 1 aliphatic rings. The molecule has 0 fully saturated rings. The lowest BCUT2D eigenvalue weighted by atomic mass is 9.94. The molecule has 2 aromatic carbocycles. The second-order valence-electron chi connectivity index (χ2n) is 9.77. The van der Waals surface area contributed by atoms with Gasteiger partial charge in [-0.05, 0) is 23.9 Å². The van der Waals surface area contributed by atoms with Crippen molar-refractivity contribution >= 4 is 22.6 Å². The van der Waals surface area contributed by atoms with Gasteiger partial charge < -0.3 is 0 Å². The van der Waals surface area contributed by atoms with Crippen LogP contribution < -0.4 is 0 Å². The lowest BCUT2D eigenvalue weighted by Crippen LogP contribution is -2.40. The average molecular weight is 450 g/mol. The van der Waals surface area contributed by atoms with Crippen LogP contribution in [0, 0.1) is 0 Å². The van der Waals surface area contributed by atoms with Gasteiger partial charge in [-0.3, -0.25) is 14.5 Å². The molecule has 0 saturated heterocycles. The number of benzene rings is 2. The van der Waals surface area contributed by atoms with E-state index in [0.717, 1.165) is 23.6 Å². The molecule has 0 aromatic heterocycles. The predicted octanol–water partition coefficient (Wildman–Crippen LogP) is 8.70. The van der Waals surface area contributed by atoms with Crippen LogP contribution >= 0.6 is 0 Å². The van der Waals surface area contributed by atoms with Crippen LogP contribution in [0.5, 0.6) is 0 Å². The van der Waals surface area contributed by atoms with Crippen molar-refractivity contribution in [1.29, 1.82) is 0 Å². The number of carbonyl (C=O) groups excluding carboxylic acids is 2. The van der Waals surface area contributed by atoms with Gasteiger partial charge in [-0.1, -0.05) is 128 Å². The first-order valence-corrected chi connectivity index (χ1v) is 13.6. The van der Waals surface area contributed by atoms with Gasteiger partial charge in [0.05, 0.1) is 0 Å². The van der Waals surface area contributed by atoms with Gasteiger partial charge in [-0.15, -0.1) is 0 Å². The van der Waals surface area contributed by atoms with Gasteiger partial charge in [0.2, 0.25) is 0 Å². The highest BCUT2D eigenvalue weighted by Crippen LogP contribution is 2.30. The maximum absolute atomic E-state index is 12.9. The molecule has 1 aliphatic heterocycles. The van der Waals surface area contributed by atoms with Crippen molar-refractivity contribution in [3.63, 3.8) is 0 Å². The molecule has 0 aliphatic carbocycles. The largest absolute Gasteiger partial charge is 0.274 e. The molecule has 0 unspecified atom stereocenters. The van der Waals surface area contributed by atoms with Crippen LogP contribution in [-0.4, -0.2) is 23.3 Å². The van der Waals surface area contributed by atoms with Crippen molar-refractivity contribution in [1.82, 2.24) is 4.90 Å². The van der Waals surface area contributed by atoms with Gasteiger partial charge in [0.15, 0.2) is 0 Å². The van der Waals surface area contributed by atoms with Gasteiger partial charge in [-0.2, -0.15) is 0 Å². The first kappa shape index (κ1) is 25.5. The summed E-state index contributed by atoms with van der Waals surface area (Å²) in [6.07, 6.45) is 21.1. The summed E-state index contributed by atoms with van der Waals surface area (Å²) in [6, 6.07) is 11.4. The molecule has 0 atom stereocenters. The number of hydrogen-bond acceptors (Lipinski definition) is 2. The van der Waals surface area contributed by atoms with E-state index in [1.807, 2.05) is 36.4 Å². The van der Waals surface area contributed by atoms with E-state index in [1.54, 1.807) is 0 Å². The molecule has 0 bridgehead atoms. The molecule has 3 nitrogen and oxygen atoms in total. The van der Waals surface area contributed by atoms with Crippen LogP contribution in [0.4, 0.5) is 0 Å². The minimum atomic E-state index is -0.134. The summed E-state index contributed by atoms with van der Waals surface area (Å²) in [5, 5.41) is 1.78. The Morgan fingerprint density at radius 3 is 1.36 bits per heavy atom. The Kier molecular flexibility index (Phi) is 10.9. The number of hydrogen-bond donors (Lipinski definition) is 0. The molecular weight excluding hydrogens is 406 g/mol. The van der Waals surface area contributed by atoms with Gasteiger partial charge in [0.1, 0.15) is 0 Å². The fourth-order valence-electron chi connectivity index (χ4n) is 5.10. The molecule has 1 heterocycles. The van der Waals surface area contributed by atoms with Crippen LogP contribution in [0.3, 0.4) is 0 Å². The van der Waals surface area contributed by atoms with Gasteiger partial charge >= 0.3 is 0 Å². The van der Waals surface area contributed by atoms with Crippen molar-refractivity contribution in [2.24, 2.45) is 0 Å². The third-order valence-corrected chi connectivity index (χ3v) is 7.09. The smallest absolute Gasteiger partial charge is 0.261 e. The van der Waals surface area contributed by atoms with E-state index in [0.29, 0.717) is 17.7 Å². The van der Waals surface area contributed by atoms with E-state index < -0.39 is 0 Å². The third-order valence-electron chi connectivity index (χ3n) is 7.09. The summed E-state index contributed by atoms with van der Waals surface area (Å²) in [5.41, 5.74) is 1.33. The van der Waals surface area contributed by atoms with Crippen LogP contribution in [0.15, 0.2) is 36.4 Å². The molecule has 0 radical (unpaired) electrons. The van der Waals surface area contributed by atoms with Gasteiger partial charge in [0, 0.05) is 23.1 Å².